The van der Waals surface area contributed by atoms with Crippen molar-refractivity contribution >= 4 is 56.6 Å². The van der Waals surface area contributed by atoms with Crippen LogP contribution in [0.3, 0.4) is 0 Å². The molecule has 170 valence electrons. The highest BCUT2D eigenvalue weighted by Crippen LogP contribution is 2.34. The van der Waals surface area contributed by atoms with Crippen LogP contribution < -0.4 is 5.14 Å². The van der Waals surface area contributed by atoms with Gasteiger partial charge >= 0.3 is 0 Å². The highest BCUT2D eigenvalue weighted by atomic mass is 35.5. The van der Waals surface area contributed by atoms with Gasteiger partial charge in [0.25, 0.3) is 0 Å². The van der Waals surface area contributed by atoms with Gasteiger partial charge in [0.2, 0.25) is 10.0 Å². The van der Waals surface area contributed by atoms with E-state index in [2.05, 4.69) is 4.98 Å². The zero-order valence-electron chi connectivity index (χ0n) is 17.1. The molecule has 33 heavy (non-hydrogen) atoms. The van der Waals surface area contributed by atoms with Gasteiger partial charge in [0, 0.05) is 31.9 Å². The lowest BCUT2D eigenvalue weighted by atomic mass is 10.1. The van der Waals surface area contributed by atoms with Crippen molar-refractivity contribution in [1.29, 1.82) is 0 Å². The standard InChI is InChI=1S/C23H18Cl3N3O2S2/c24-17-5-1-14(2-6-17)21-22(15-3-7-18(25)8-4-15)29-23(28-21)32-12-11-16-13-19(26)9-10-20(16)33(27,30)31/h1-10,13H,11-12H2,(H,28,29)(H2,27,30,31). The van der Waals surface area contributed by atoms with E-state index in [1.165, 1.54) is 23.9 Å². The Kier molecular flexibility index (Phi) is 7.38. The minimum Gasteiger partial charge on any atom is -0.332 e. The van der Waals surface area contributed by atoms with Crippen LogP contribution in [0.5, 0.6) is 0 Å². The Labute approximate surface area is 211 Å². The van der Waals surface area contributed by atoms with Crippen molar-refractivity contribution in [3.05, 3.63) is 87.4 Å². The number of imidazole rings is 1. The van der Waals surface area contributed by atoms with E-state index >= 15 is 0 Å². The molecule has 0 radical (unpaired) electrons. The Bertz CT molecular complexity index is 1320. The molecular formula is C23H18Cl3N3O2S2. The van der Waals surface area contributed by atoms with Crippen molar-refractivity contribution in [2.75, 3.05) is 5.75 Å². The first-order valence-electron chi connectivity index (χ1n) is 9.76. The van der Waals surface area contributed by atoms with Crippen LogP contribution in [-0.4, -0.2) is 24.1 Å². The van der Waals surface area contributed by atoms with Gasteiger partial charge in [0.1, 0.15) is 0 Å². The zero-order chi connectivity index (χ0) is 23.6. The Morgan fingerprint density at radius 2 is 1.42 bits per heavy atom. The minimum absolute atomic E-state index is 0.0793. The number of sulfonamides is 1. The lowest BCUT2D eigenvalue weighted by Gasteiger charge is -2.07. The predicted molar refractivity (Wildman–Crippen MR) is 137 cm³/mol. The van der Waals surface area contributed by atoms with Crippen LogP contribution in [0.25, 0.3) is 22.5 Å². The van der Waals surface area contributed by atoms with Gasteiger partial charge < -0.3 is 4.98 Å². The van der Waals surface area contributed by atoms with E-state index in [4.69, 9.17) is 44.9 Å². The Morgan fingerprint density at radius 3 is 2.03 bits per heavy atom. The van der Waals surface area contributed by atoms with Gasteiger partial charge in [-0.3, -0.25) is 0 Å². The van der Waals surface area contributed by atoms with Crippen LogP contribution in [0.4, 0.5) is 0 Å². The maximum atomic E-state index is 11.9. The number of nitrogens with one attached hydrogen (secondary N) is 1. The fourth-order valence-electron chi connectivity index (χ4n) is 3.34. The molecule has 0 aliphatic carbocycles. The Morgan fingerprint density at radius 1 is 0.848 bits per heavy atom. The number of benzene rings is 3. The lowest BCUT2D eigenvalue weighted by molar-refractivity contribution is 0.597. The molecule has 0 saturated carbocycles. The van der Waals surface area contributed by atoms with E-state index in [0.717, 1.165) is 22.5 Å². The second kappa shape index (κ2) is 10.1. The molecule has 0 unspecified atom stereocenters. The number of hydrogen-bond acceptors (Lipinski definition) is 4. The number of H-pyrrole nitrogens is 1. The van der Waals surface area contributed by atoms with Crippen LogP contribution in [0.2, 0.25) is 15.1 Å². The van der Waals surface area contributed by atoms with Crippen molar-refractivity contribution in [3.63, 3.8) is 0 Å². The summed E-state index contributed by atoms with van der Waals surface area (Å²) in [5.41, 5.74) is 4.06. The first kappa shape index (κ1) is 24.1. The number of halogens is 3. The van der Waals surface area contributed by atoms with Crippen molar-refractivity contribution in [3.8, 4) is 22.5 Å². The summed E-state index contributed by atoms with van der Waals surface area (Å²) in [6.45, 7) is 0. The Hall–Kier alpha value is -2.00. The van der Waals surface area contributed by atoms with Gasteiger partial charge in [0.05, 0.1) is 16.3 Å². The van der Waals surface area contributed by atoms with E-state index in [-0.39, 0.29) is 4.90 Å². The molecule has 0 spiro atoms. The minimum atomic E-state index is -3.84. The summed E-state index contributed by atoms with van der Waals surface area (Å²) in [5, 5.41) is 7.79. The van der Waals surface area contributed by atoms with Gasteiger partial charge in [-0.1, -0.05) is 70.8 Å². The molecule has 0 aliphatic heterocycles. The first-order chi connectivity index (χ1) is 15.7. The van der Waals surface area contributed by atoms with Crippen LogP contribution in [0.15, 0.2) is 76.8 Å². The van der Waals surface area contributed by atoms with Crippen molar-refractivity contribution in [2.24, 2.45) is 5.14 Å². The Balaban J connectivity index is 1.62. The number of aromatic amines is 1. The second-order valence-corrected chi connectivity index (χ2v) is 11.1. The molecule has 0 atom stereocenters. The maximum Gasteiger partial charge on any atom is 0.238 e. The molecule has 0 fully saturated rings. The van der Waals surface area contributed by atoms with Gasteiger partial charge in [0.15, 0.2) is 5.16 Å². The first-order valence-corrected chi connectivity index (χ1v) is 13.4. The largest absolute Gasteiger partial charge is 0.332 e. The molecule has 4 rings (SSSR count). The number of aromatic nitrogens is 2. The fraction of sp³-hybridized carbons (Fsp3) is 0.0870. The normalized spacial score (nSPS) is 11.6. The summed E-state index contributed by atoms with van der Waals surface area (Å²) in [6.07, 6.45) is 0.449. The smallest absolute Gasteiger partial charge is 0.238 e. The summed E-state index contributed by atoms with van der Waals surface area (Å²) in [7, 11) is -3.84. The number of hydrogen-bond donors (Lipinski definition) is 2. The molecule has 5 nitrogen and oxygen atoms in total. The monoisotopic (exact) mass is 537 g/mol. The summed E-state index contributed by atoms with van der Waals surface area (Å²) < 4.78 is 23.8. The topological polar surface area (TPSA) is 88.8 Å². The number of nitrogens with two attached hydrogens (primary N) is 1. The quantitative estimate of drug-likeness (QED) is 0.257. The third-order valence-corrected chi connectivity index (χ3v) is 7.50. The molecule has 10 heteroatoms. The molecule has 1 aromatic heterocycles. The van der Waals surface area contributed by atoms with Gasteiger partial charge in [-0.25, -0.2) is 18.5 Å². The molecule has 0 bridgehead atoms. The van der Waals surface area contributed by atoms with Gasteiger partial charge in [-0.15, -0.1) is 0 Å². The van der Waals surface area contributed by atoms with Gasteiger partial charge in [-0.05, 0) is 54.4 Å². The summed E-state index contributed by atoms with van der Waals surface area (Å²) in [6, 6.07) is 19.5. The molecule has 3 N–H and O–H groups in total. The lowest BCUT2D eigenvalue weighted by Crippen LogP contribution is -2.14. The number of thioether (sulfide) groups is 1. The molecule has 4 aromatic rings. The molecule has 0 amide bonds. The van der Waals surface area contributed by atoms with E-state index in [1.807, 2.05) is 48.5 Å². The molecule has 1 heterocycles. The highest BCUT2D eigenvalue weighted by molar-refractivity contribution is 7.99. The van der Waals surface area contributed by atoms with Crippen molar-refractivity contribution in [1.82, 2.24) is 9.97 Å². The number of rotatable bonds is 7. The van der Waals surface area contributed by atoms with E-state index in [0.29, 0.717) is 38.0 Å². The van der Waals surface area contributed by atoms with Crippen LogP contribution in [0.1, 0.15) is 5.56 Å². The summed E-state index contributed by atoms with van der Waals surface area (Å²) >= 11 is 19.6. The average molecular weight is 539 g/mol. The average Bonchev–Trinajstić information content (AvgIpc) is 3.18. The van der Waals surface area contributed by atoms with Crippen LogP contribution in [-0.2, 0) is 16.4 Å². The second-order valence-electron chi connectivity index (χ2n) is 7.17. The fourth-order valence-corrected chi connectivity index (χ4v) is 5.42. The number of primary sulfonamides is 1. The summed E-state index contributed by atoms with van der Waals surface area (Å²) in [5.74, 6) is 0.566. The molecule has 0 aliphatic rings. The van der Waals surface area contributed by atoms with E-state index in [1.54, 1.807) is 6.07 Å². The molecule has 0 saturated heterocycles. The number of aryl methyl sites for hydroxylation is 1. The maximum absolute atomic E-state index is 11.9. The molecular weight excluding hydrogens is 521 g/mol. The van der Waals surface area contributed by atoms with Crippen LogP contribution in [0, 0.1) is 0 Å². The zero-order valence-corrected chi connectivity index (χ0v) is 21.0. The van der Waals surface area contributed by atoms with Gasteiger partial charge in [-0.2, -0.15) is 0 Å². The number of nitrogens with zero attached hydrogens (tertiary/aromatic N) is 1. The molecule has 3 aromatic carbocycles. The van der Waals surface area contributed by atoms with Crippen LogP contribution >= 0.6 is 46.6 Å². The third-order valence-electron chi connectivity index (χ3n) is 4.87. The summed E-state index contributed by atoms with van der Waals surface area (Å²) in [4.78, 5) is 8.25. The van der Waals surface area contributed by atoms with E-state index < -0.39 is 10.0 Å². The van der Waals surface area contributed by atoms with Crippen molar-refractivity contribution < 1.29 is 8.42 Å². The predicted octanol–water partition coefficient (Wildman–Crippen LogP) is 6.69. The van der Waals surface area contributed by atoms with Crippen molar-refractivity contribution in [2.45, 2.75) is 16.5 Å². The highest BCUT2D eigenvalue weighted by Gasteiger charge is 2.17. The van der Waals surface area contributed by atoms with E-state index in [9.17, 15) is 8.42 Å². The third kappa shape index (κ3) is 5.93. The SMILES string of the molecule is NS(=O)(=O)c1ccc(Cl)cc1CCSc1nc(-c2ccc(Cl)cc2)c(-c2ccc(Cl)cc2)[nH]1.